The van der Waals surface area contributed by atoms with Gasteiger partial charge >= 0.3 is 0 Å². The fraction of sp³-hybridized carbons (Fsp3) is 1.00. The number of rotatable bonds is 5. The molecule has 80 valence electrons. The Morgan fingerprint density at radius 3 is 1.77 bits per heavy atom. The van der Waals surface area contributed by atoms with Crippen LogP contribution in [0.25, 0.3) is 0 Å². The molecule has 0 aliphatic rings. The molecule has 13 heavy (non-hydrogen) atoms. The van der Waals surface area contributed by atoms with Crippen molar-refractivity contribution in [2.45, 2.75) is 71.6 Å². The van der Waals surface area contributed by atoms with Crippen LogP contribution in [0.1, 0.15) is 54.4 Å². The molecule has 0 aliphatic carbocycles. The van der Waals surface area contributed by atoms with Crippen molar-refractivity contribution in [2.75, 3.05) is 0 Å². The summed E-state index contributed by atoms with van der Waals surface area (Å²) >= 11 is 0. The van der Waals surface area contributed by atoms with Gasteiger partial charge in [-0.25, -0.2) is 0 Å². The Morgan fingerprint density at radius 2 is 1.46 bits per heavy atom. The fourth-order valence-corrected chi connectivity index (χ4v) is 3.03. The van der Waals surface area contributed by atoms with E-state index in [1.54, 1.807) is 0 Å². The minimum Gasteiger partial charge on any atom is -0.415 e. The van der Waals surface area contributed by atoms with Gasteiger partial charge in [-0.2, -0.15) is 0 Å². The molecule has 0 aromatic rings. The van der Waals surface area contributed by atoms with E-state index in [1.165, 1.54) is 6.42 Å². The normalized spacial score (nSPS) is 15.9. The molecule has 0 heterocycles. The summed E-state index contributed by atoms with van der Waals surface area (Å²) in [4.78, 5) is 0. The van der Waals surface area contributed by atoms with E-state index in [2.05, 4.69) is 48.1 Å². The zero-order valence-electron chi connectivity index (χ0n) is 10.4. The van der Waals surface area contributed by atoms with Crippen molar-refractivity contribution in [1.29, 1.82) is 0 Å². The van der Waals surface area contributed by atoms with Gasteiger partial charge in [-0.1, -0.05) is 34.1 Å². The molecule has 0 aliphatic heterocycles. The highest BCUT2D eigenvalue weighted by atomic mass is 28.3. The molecule has 0 bridgehead atoms. The maximum atomic E-state index is 6.18. The van der Waals surface area contributed by atoms with E-state index in [0.717, 1.165) is 6.42 Å². The van der Waals surface area contributed by atoms with Crippen LogP contribution in [-0.2, 0) is 4.43 Å². The highest BCUT2D eigenvalue weighted by Gasteiger charge is 2.31. The average Bonchev–Trinajstić information content (AvgIpc) is 2.04. The summed E-state index contributed by atoms with van der Waals surface area (Å²) < 4.78 is 6.18. The van der Waals surface area contributed by atoms with Gasteiger partial charge < -0.3 is 4.43 Å². The smallest absolute Gasteiger partial charge is 0.180 e. The van der Waals surface area contributed by atoms with Crippen LogP contribution in [0.5, 0.6) is 0 Å². The first-order chi connectivity index (χ1) is 5.75. The van der Waals surface area contributed by atoms with Gasteiger partial charge in [0.25, 0.3) is 0 Å². The van der Waals surface area contributed by atoms with E-state index in [-0.39, 0.29) is 5.60 Å². The molecule has 0 saturated carbocycles. The van der Waals surface area contributed by atoms with E-state index in [9.17, 15) is 0 Å². The standard InChI is InChI=1S/C11H26OSi/c1-8-10(3,4)12-13(7)11(5,6)9-2/h13H,8-9H2,1-7H3. The van der Waals surface area contributed by atoms with E-state index < -0.39 is 9.04 Å². The summed E-state index contributed by atoms with van der Waals surface area (Å²) in [6, 6.07) is 0. The first kappa shape index (κ1) is 13.2. The molecule has 0 saturated heterocycles. The average molecular weight is 202 g/mol. The molecule has 1 atom stereocenters. The van der Waals surface area contributed by atoms with E-state index in [1.807, 2.05) is 0 Å². The van der Waals surface area contributed by atoms with Gasteiger partial charge in [0.1, 0.15) is 0 Å². The van der Waals surface area contributed by atoms with E-state index >= 15 is 0 Å². The first-order valence-electron chi connectivity index (χ1n) is 5.43. The zero-order chi connectivity index (χ0) is 10.7. The Labute approximate surface area is 85.6 Å². The van der Waals surface area contributed by atoms with Crippen molar-refractivity contribution in [3.05, 3.63) is 0 Å². The minimum absolute atomic E-state index is 0.0814. The second kappa shape index (κ2) is 4.60. The second-order valence-electron chi connectivity index (χ2n) is 5.22. The van der Waals surface area contributed by atoms with Crippen LogP contribution in [0.3, 0.4) is 0 Å². The Morgan fingerprint density at radius 1 is 1.00 bits per heavy atom. The highest BCUT2D eigenvalue weighted by Crippen LogP contribution is 2.35. The molecule has 0 spiro atoms. The molecule has 0 amide bonds. The number of hydrogen-bond acceptors (Lipinski definition) is 1. The quantitative estimate of drug-likeness (QED) is 0.617. The molecule has 0 rings (SSSR count). The summed E-state index contributed by atoms with van der Waals surface area (Å²) in [5, 5.41) is 0.423. The first-order valence-corrected chi connectivity index (χ1v) is 7.63. The van der Waals surface area contributed by atoms with Crippen LogP contribution in [0, 0.1) is 0 Å². The minimum atomic E-state index is -1.05. The van der Waals surface area contributed by atoms with Crippen LogP contribution in [0.15, 0.2) is 0 Å². The molecular weight excluding hydrogens is 176 g/mol. The predicted molar refractivity (Wildman–Crippen MR) is 62.8 cm³/mol. The third-order valence-electron chi connectivity index (χ3n) is 3.36. The van der Waals surface area contributed by atoms with E-state index in [0.29, 0.717) is 5.04 Å². The lowest BCUT2D eigenvalue weighted by Gasteiger charge is -2.36. The van der Waals surface area contributed by atoms with Gasteiger partial charge in [0.2, 0.25) is 0 Å². The third-order valence-corrected chi connectivity index (χ3v) is 6.96. The summed E-state index contributed by atoms with van der Waals surface area (Å²) in [6.07, 6.45) is 2.32. The van der Waals surface area contributed by atoms with Crippen molar-refractivity contribution in [3.8, 4) is 0 Å². The fourth-order valence-electron chi connectivity index (χ4n) is 1.01. The molecule has 1 unspecified atom stereocenters. The van der Waals surface area contributed by atoms with Crippen LogP contribution in [0.4, 0.5) is 0 Å². The lowest BCUT2D eigenvalue weighted by molar-refractivity contribution is 0.0962. The van der Waals surface area contributed by atoms with Gasteiger partial charge in [0, 0.05) is 0 Å². The Kier molecular flexibility index (Phi) is 4.67. The van der Waals surface area contributed by atoms with Crippen molar-refractivity contribution in [2.24, 2.45) is 0 Å². The number of hydrogen-bond donors (Lipinski definition) is 0. The van der Waals surface area contributed by atoms with Crippen LogP contribution in [-0.4, -0.2) is 14.6 Å². The van der Waals surface area contributed by atoms with Crippen LogP contribution < -0.4 is 0 Å². The summed E-state index contributed by atoms with van der Waals surface area (Å²) in [6.45, 7) is 15.8. The maximum Gasteiger partial charge on any atom is 0.180 e. The second-order valence-corrected chi connectivity index (χ2v) is 8.30. The van der Waals surface area contributed by atoms with Crippen LogP contribution in [0.2, 0.25) is 11.6 Å². The summed E-state index contributed by atoms with van der Waals surface area (Å²) in [5.41, 5.74) is 0.0814. The molecule has 0 radical (unpaired) electrons. The highest BCUT2D eigenvalue weighted by molar-refractivity contribution is 6.54. The Balaban J connectivity index is 4.22. The van der Waals surface area contributed by atoms with Gasteiger partial charge in [0.15, 0.2) is 9.04 Å². The van der Waals surface area contributed by atoms with Crippen molar-refractivity contribution >= 4 is 9.04 Å². The van der Waals surface area contributed by atoms with Crippen molar-refractivity contribution in [3.63, 3.8) is 0 Å². The molecule has 0 N–H and O–H groups in total. The van der Waals surface area contributed by atoms with E-state index in [4.69, 9.17) is 4.43 Å². The molecule has 0 aromatic heterocycles. The lowest BCUT2D eigenvalue weighted by Crippen LogP contribution is -2.37. The summed E-state index contributed by atoms with van der Waals surface area (Å²) in [7, 11) is -1.05. The van der Waals surface area contributed by atoms with Crippen molar-refractivity contribution < 1.29 is 4.43 Å². The maximum absolute atomic E-state index is 6.18. The van der Waals surface area contributed by atoms with Gasteiger partial charge in [-0.3, -0.25) is 0 Å². The van der Waals surface area contributed by atoms with Gasteiger partial charge in [-0.05, 0) is 31.9 Å². The lowest BCUT2D eigenvalue weighted by atomic mass is 10.1. The Bertz CT molecular complexity index is 152. The molecule has 2 heteroatoms. The van der Waals surface area contributed by atoms with Gasteiger partial charge in [-0.15, -0.1) is 0 Å². The summed E-state index contributed by atoms with van der Waals surface area (Å²) in [5.74, 6) is 0. The third kappa shape index (κ3) is 4.27. The zero-order valence-corrected chi connectivity index (χ0v) is 11.6. The molecule has 0 aromatic carbocycles. The monoisotopic (exact) mass is 202 g/mol. The SMILES string of the molecule is CCC(C)(C)O[SiH](C)C(C)(C)CC. The topological polar surface area (TPSA) is 9.23 Å². The van der Waals surface area contributed by atoms with Crippen LogP contribution >= 0.6 is 0 Å². The van der Waals surface area contributed by atoms with Gasteiger partial charge in [0.05, 0.1) is 5.60 Å². The molecule has 1 nitrogen and oxygen atoms in total. The molecular formula is C11H26OSi. The predicted octanol–water partition coefficient (Wildman–Crippen LogP) is 3.74. The van der Waals surface area contributed by atoms with Crippen molar-refractivity contribution in [1.82, 2.24) is 0 Å². The largest absolute Gasteiger partial charge is 0.415 e. The Hall–Kier alpha value is 0.177. The molecule has 0 fully saturated rings.